The lowest BCUT2D eigenvalue weighted by molar-refractivity contribution is -0.120. The molecule has 0 atom stereocenters. The summed E-state index contributed by atoms with van der Waals surface area (Å²) in [6.45, 7) is 6.33. The van der Waals surface area contributed by atoms with E-state index >= 15 is 0 Å². The average Bonchev–Trinajstić information content (AvgIpc) is 3.07. The van der Waals surface area contributed by atoms with E-state index in [2.05, 4.69) is 26.1 Å². The van der Waals surface area contributed by atoms with Gasteiger partial charge in [0.25, 0.3) is 11.8 Å². The lowest BCUT2D eigenvalue weighted by atomic mass is 9.87. The van der Waals surface area contributed by atoms with E-state index in [0.717, 1.165) is 10.5 Å². The van der Waals surface area contributed by atoms with E-state index in [-0.39, 0.29) is 16.1 Å². The number of nitrogens with zero attached hydrogens (tertiary/aromatic N) is 1. The third-order valence-electron chi connectivity index (χ3n) is 5.66. The van der Waals surface area contributed by atoms with Crippen LogP contribution >= 0.6 is 11.6 Å². The van der Waals surface area contributed by atoms with Crippen LogP contribution in [-0.2, 0) is 15.0 Å². The second-order valence-corrected chi connectivity index (χ2v) is 9.58. The van der Waals surface area contributed by atoms with Crippen molar-refractivity contribution in [2.24, 2.45) is 0 Å². The molecule has 7 nitrogen and oxygen atoms in total. The summed E-state index contributed by atoms with van der Waals surface area (Å²) in [5.74, 6) is -0.813. The zero-order valence-electron chi connectivity index (χ0n) is 20.3. The molecule has 2 amide bonds. The second kappa shape index (κ2) is 9.87. The Morgan fingerprint density at radius 2 is 1.56 bits per heavy atom. The summed E-state index contributed by atoms with van der Waals surface area (Å²) < 4.78 is 10.6. The highest BCUT2D eigenvalue weighted by Crippen LogP contribution is 2.32. The molecule has 0 radical (unpaired) electrons. The summed E-state index contributed by atoms with van der Waals surface area (Å²) in [4.78, 5) is 39.2. The first-order valence-corrected chi connectivity index (χ1v) is 11.6. The molecule has 3 aromatic rings. The molecular weight excluding hydrogens is 480 g/mol. The van der Waals surface area contributed by atoms with Crippen molar-refractivity contribution in [2.75, 3.05) is 17.3 Å². The van der Waals surface area contributed by atoms with Crippen molar-refractivity contribution >= 4 is 40.8 Å². The minimum Gasteiger partial charge on any atom is -0.497 e. The predicted molar refractivity (Wildman–Crippen MR) is 139 cm³/mol. The number of carbonyl (C=O) groups excluding carboxylic acids is 3. The fourth-order valence-electron chi connectivity index (χ4n) is 3.62. The van der Waals surface area contributed by atoms with Gasteiger partial charge < -0.3 is 14.8 Å². The third kappa shape index (κ3) is 5.11. The van der Waals surface area contributed by atoms with Gasteiger partial charge in [-0.1, -0.05) is 50.6 Å². The zero-order chi connectivity index (χ0) is 26.0. The van der Waals surface area contributed by atoms with E-state index in [1.165, 1.54) is 7.11 Å². The number of halogens is 1. The topological polar surface area (TPSA) is 84.9 Å². The van der Waals surface area contributed by atoms with Crippen LogP contribution in [0, 0.1) is 0 Å². The summed E-state index contributed by atoms with van der Waals surface area (Å²) in [7, 11) is 1.49. The quantitative estimate of drug-likeness (QED) is 0.265. The molecule has 1 aliphatic heterocycles. The molecule has 0 bridgehead atoms. The summed E-state index contributed by atoms with van der Waals surface area (Å²) in [5.41, 5.74) is 2.22. The highest BCUT2D eigenvalue weighted by molar-refractivity contribution is 6.53. The van der Waals surface area contributed by atoms with Crippen molar-refractivity contribution < 1.29 is 23.9 Å². The Kier molecular flexibility index (Phi) is 6.86. The number of rotatable bonds is 6. The average molecular weight is 505 g/mol. The summed E-state index contributed by atoms with van der Waals surface area (Å²) in [5, 5.41) is 2.66. The largest absolute Gasteiger partial charge is 0.497 e. The van der Waals surface area contributed by atoms with Gasteiger partial charge in [0, 0.05) is 11.8 Å². The van der Waals surface area contributed by atoms with E-state index in [1.807, 2.05) is 12.1 Å². The Morgan fingerprint density at radius 3 is 2.17 bits per heavy atom. The van der Waals surface area contributed by atoms with E-state index in [4.69, 9.17) is 21.1 Å². The van der Waals surface area contributed by atoms with Crippen LogP contribution in [0.15, 0.2) is 83.5 Å². The summed E-state index contributed by atoms with van der Waals surface area (Å²) >= 11 is 6.20. The van der Waals surface area contributed by atoms with Gasteiger partial charge in [0.15, 0.2) is 0 Å². The first kappa shape index (κ1) is 25.0. The van der Waals surface area contributed by atoms with Gasteiger partial charge in [-0.25, -0.2) is 9.69 Å². The van der Waals surface area contributed by atoms with Crippen molar-refractivity contribution in [1.82, 2.24) is 0 Å². The Labute approximate surface area is 214 Å². The first-order chi connectivity index (χ1) is 17.1. The number of benzene rings is 3. The van der Waals surface area contributed by atoms with Crippen LogP contribution in [0.2, 0.25) is 0 Å². The van der Waals surface area contributed by atoms with Crippen LogP contribution in [0.1, 0.15) is 36.7 Å². The SMILES string of the molecule is COc1cccc(N2C(=O)C(Cl)=C(Nc3ccc(C(=O)Oc4ccc(C(C)(C)C)cc4)cc3)C2=O)c1. The third-order valence-corrected chi connectivity index (χ3v) is 6.01. The monoisotopic (exact) mass is 504 g/mol. The smallest absolute Gasteiger partial charge is 0.343 e. The number of ether oxygens (including phenoxy) is 2. The number of imide groups is 1. The van der Waals surface area contributed by atoms with Crippen LogP contribution in [0.25, 0.3) is 0 Å². The molecule has 1 aliphatic rings. The van der Waals surface area contributed by atoms with Crippen LogP contribution in [-0.4, -0.2) is 24.9 Å². The molecule has 36 heavy (non-hydrogen) atoms. The van der Waals surface area contributed by atoms with Crippen LogP contribution in [0.5, 0.6) is 11.5 Å². The van der Waals surface area contributed by atoms with Crippen molar-refractivity contribution in [3.63, 3.8) is 0 Å². The van der Waals surface area contributed by atoms with Crippen molar-refractivity contribution in [1.29, 1.82) is 0 Å². The van der Waals surface area contributed by atoms with Gasteiger partial charge in [-0.2, -0.15) is 0 Å². The summed E-state index contributed by atoms with van der Waals surface area (Å²) in [6.07, 6.45) is 0. The second-order valence-electron chi connectivity index (χ2n) is 9.20. The molecule has 0 spiro atoms. The maximum absolute atomic E-state index is 13.0. The van der Waals surface area contributed by atoms with Gasteiger partial charge >= 0.3 is 5.97 Å². The lowest BCUT2D eigenvalue weighted by Crippen LogP contribution is -2.32. The molecule has 0 unspecified atom stereocenters. The molecule has 1 heterocycles. The van der Waals surface area contributed by atoms with Gasteiger partial charge in [-0.3, -0.25) is 9.59 Å². The molecule has 1 N–H and O–H groups in total. The number of anilines is 2. The van der Waals surface area contributed by atoms with E-state index < -0.39 is 17.8 Å². The van der Waals surface area contributed by atoms with Gasteiger partial charge in [-0.05, 0) is 59.5 Å². The van der Waals surface area contributed by atoms with Gasteiger partial charge in [0.1, 0.15) is 22.2 Å². The van der Waals surface area contributed by atoms with Crippen LogP contribution < -0.4 is 19.7 Å². The molecule has 3 aromatic carbocycles. The van der Waals surface area contributed by atoms with E-state index in [1.54, 1.807) is 60.7 Å². The molecule has 184 valence electrons. The number of nitrogens with one attached hydrogen (secondary N) is 1. The summed E-state index contributed by atoms with van der Waals surface area (Å²) in [6, 6.07) is 20.3. The van der Waals surface area contributed by atoms with Gasteiger partial charge in [0.05, 0.1) is 18.4 Å². The molecule has 0 saturated heterocycles. The number of amides is 2. The molecular formula is C28H25ClN2O5. The number of methoxy groups -OCH3 is 1. The minimum atomic E-state index is -0.643. The highest BCUT2D eigenvalue weighted by Gasteiger charge is 2.39. The molecule has 0 fully saturated rings. The number of hydrogen-bond acceptors (Lipinski definition) is 6. The fourth-order valence-corrected chi connectivity index (χ4v) is 3.83. The predicted octanol–water partition coefficient (Wildman–Crippen LogP) is 5.65. The number of carbonyl (C=O) groups is 3. The van der Waals surface area contributed by atoms with E-state index in [0.29, 0.717) is 28.4 Å². The Hall–Kier alpha value is -4.10. The van der Waals surface area contributed by atoms with Crippen LogP contribution in [0.3, 0.4) is 0 Å². The van der Waals surface area contributed by atoms with Crippen LogP contribution in [0.4, 0.5) is 11.4 Å². The molecule has 4 rings (SSSR count). The Balaban J connectivity index is 1.45. The van der Waals surface area contributed by atoms with E-state index in [9.17, 15) is 14.4 Å². The first-order valence-electron chi connectivity index (χ1n) is 11.2. The van der Waals surface area contributed by atoms with Gasteiger partial charge in [-0.15, -0.1) is 0 Å². The maximum Gasteiger partial charge on any atom is 0.343 e. The molecule has 0 aliphatic carbocycles. The molecule has 0 aromatic heterocycles. The Morgan fingerprint density at radius 1 is 0.889 bits per heavy atom. The van der Waals surface area contributed by atoms with Crippen molar-refractivity contribution in [2.45, 2.75) is 26.2 Å². The minimum absolute atomic E-state index is 0.0000109. The molecule has 8 heteroatoms. The number of hydrogen-bond donors (Lipinski definition) is 1. The lowest BCUT2D eigenvalue weighted by Gasteiger charge is -2.19. The standard InChI is InChI=1S/C28H25ClN2O5/c1-28(2,3)18-10-14-21(15-11-18)36-27(34)17-8-12-19(13-9-17)30-24-23(29)25(32)31(26(24)33)20-6-5-7-22(16-20)35-4/h5-16,30H,1-4H3. The highest BCUT2D eigenvalue weighted by atomic mass is 35.5. The fraction of sp³-hybridized carbons (Fsp3) is 0.179. The Bertz CT molecular complexity index is 1360. The van der Waals surface area contributed by atoms with Gasteiger partial charge in [0.2, 0.25) is 0 Å². The van der Waals surface area contributed by atoms with Crippen molar-refractivity contribution in [3.8, 4) is 11.5 Å². The zero-order valence-corrected chi connectivity index (χ0v) is 21.1. The van der Waals surface area contributed by atoms with Crippen molar-refractivity contribution in [3.05, 3.63) is 94.7 Å². The maximum atomic E-state index is 13.0. The number of esters is 1. The molecule has 0 saturated carbocycles. The normalized spacial score (nSPS) is 13.8.